The highest BCUT2D eigenvalue weighted by Crippen LogP contribution is 2.38. The number of rotatable bonds is 8. The van der Waals surface area contributed by atoms with Gasteiger partial charge in [-0.15, -0.1) is 0 Å². The van der Waals surface area contributed by atoms with Crippen LogP contribution < -0.4 is 4.72 Å². The Morgan fingerprint density at radius 3 is 2.50 bits per heavy atom. The summed E-state index contributed by atoms with van der Waals surface area (Å²) < 4.78 is 15.7. The lowest BCUT2D eigenvalue weighted by molar-refractivity contribution is 0.175. The average molecular weight is 429 g/mol. The van der Waals surface area contributed by atoms with E-state index in [2.05, 4.69) is 28.6 Å². The standard InChI is InChI=1S/C23H30N2O2S.C2H6/c1-5-20(26)15-25-28(4,27)21-10-8-19(9-11-21)22-12-13-24-17(3)23(22)14-16(2)18-6-7-18;1-2/h8-14,18,20,26H,4-7,15H2,1-3H3,(H,25,27);1-2H3/b16-14+;. The van der Waals surface area contributed by atoms with Crippen LogP contribution in [0.4, 0.5) is 0 Å². The lowest BCUT2D eigenvalue weighted by Crippen LogP contribution is -2.31. The lowest BCUT2D eigenvalue weighted by atomic mass is 9.97. The number of aliphatic hydroxyl groups excluding tert-OH is 1. The van der Waals surface area contributed by atoms with Crippen molar-refractivity contribution in [2.75, 3.05) is 6.54 Å². The summed E-state index contributed by atoms with van der Waals surface area (Å²) in [6.45, 7) is 10.4. The Bertz CT molecular complexity index is 959. The van der Waals surface area contributed by atoms with Crippen molar-refractivity contribution in [1.82, 2.24) is 9.71 Å². The minimum Gasteiger partial charge on any atom is -0.392 e. The van der Waals surface area contributed by atoms with E-state index in [9.17, 15) is 9.32 Å². The van der Waals surface area contributed by atoms with Crippen LogP contribution in [0.5, 0.6) is 0 Å². The van der Waals surface area contributed by atoms with Gasteiger partial charge < -0.3 is 5.11 Å². The number of nitrogens with zero attached hydrogens (tertiary/aromatic N) is 1. The number of aliphatic hydroxyl groups is 1. The van der Waals surface area contributed by atoms with Crippen LogP contribution in [-0.2, 0) is 9.71 Å². The third-order valence-electron chi connectivity index (χ3n) is 5.35. The number of allylic oxidation sites excluding steroid dienone is 1. The Labute approximate surface area is 182 Å². The van der Waals surface area contributed by atoms with Gasteiger partial charge in [0.15, 0.2) is 0 Å². The predicted molar refractivity (Wildman–Crippen MR) is 130 cm³/mol. The maximum atomic E-state index is 12.9. The van der Waals surface area contributed by atoms with Crippen molar-refractivity contribution >= 4 is 21.7 Å². The summed E-state index contributed by atoms with van der Waals surface area (Å²) in [7, 11) is -2.64. The second-order valence-corrected chi connectivity index (χ2v) is 9.74. The molecule has 5 heteroatoms. The number of aryl methyl sites for hydroxylation is 1. The van der Waals surface area contributed by atoms with Crippen LogP contribution in [-0.4, -0.2) is 32.8 Å². The van der Waals surface area contributed by atoms with Crippen molar-refractivity contribution < 1.29 is 9.32 Å². The van der Waals surface area contributed by atoms with Crippen LogP contribution in [0.2, 0.25) is 0 Å². The SMILES string of the molecule is C=S(=O)(NCC(O)CC)c1ccc(-c2ccnc(C)c2/C=C(\C)C2CC2)cc1.CC. The van der Waals surface area contributed by atoms with Gasteiger partial charge in [-0.2, -0.15) is 0 Å². The lowest BCUT2D eigenvalue weighted by Gasteiger charge is -2.15. The molecule has 2 aromatic rings. The summed E-state index contributed by atoms with van der Waals surface area (Å²) in [6, 6.07) is 9.71. The first kappa shape index (κ1) is 24.3. The zero-order chi connectivity index (χ0) is 22.3. The van der Waals surface area contributed by atoms with Gasteiger partial charge in [-0.05, 0) is 74.2 Å². The van der Waals surface area contributed by atoms with Crippen LogP contribution in [0.1, 0.15) is 58.2 Å². The van der Waals surface area contributed by atoms with Gasteiger partial charge in [-0.1, -0.05) is 44.6 Å². The Hall–Kier alpha value is -1.95. The molecule has 1 aromatic carbocycles. The summed E-state index contributed by atoms with van der Waals surface area (Å²) in [6.07, 6.45) is 6.75. The summed E-state index contributed by atoms with van der Waals surface area (Å²) in [5.74, 6) is 4.55. The molecule has 1 aliphatic rings. The number of benzene rings is 1. The highest BCUT2D eigenvalue weighted by Gasteiger charge is 2.23. The van der Waals surface area contributed by atoms with E-state index in [0.29, 0.717) is 11.3 Å². The first-order valence-electron chi connectivity index (χ1n) is 10.9. The fraction of sp³-hybridized carbons (Fsp3) is 0.440. The predicted octanol–water partition coefficient (Wildman–Crippen LogP) is 5.25. The molecule has 0 amide bonds. The molecule has 2 unspecified atom stereocenters. The van der Waals surface area contributed by atoms with Crippen LogP contribution in [0.15, 0.2) is 47.0 Å². The molecule has 4 nitrogen and oxygen atoms in total. The van der Waals surface area contributed by atoms with Gasteiger partial charge in [-0.3, -0.25) is 4.98 Å². The van der Waals surface area contributed by atoms with E-state index < -0.39 is 15.8 Å². The molecule has 1 aliphatic carbocycles. The van der Waals surface area contributed by atoms with Crippen molar-refractivity contribution in [3.8, 4) is 11.1 Å². The molecule has 1 heterocycles. The topological polar surface area (TPSA) is 62.2 Å². The third-order valence-corrected chi connectivity index (χ3v) is 7.02. The van der Waals surface area contributed by atoms with Gasteiger partial charge in [0, 0.05) is 28.9 Å². The van der Waals surface area contributed by atoms with Gasteiger partial charge in [0.1, 0.15) is 0 Å². The fourth-order valence-electron chi connectivity index (χ4n) is 3.21. The van der Waals surface area contributed by atoms with Crippen LogP contribution in [0.25, 0.3) is 17.2 Å². The maximum absolute atomic E-state index is 12.9. The van der Waals surface area contributed by atoms with E-state index in [1.807, 2.05) is 64.2 Å². The first-order chi connectivity index (χ1) is 14.3. The summed E-state index contributed by atoms with van der Waals surface area (Å²) in [5, 5.41) is 9.71. The molecule has 3 rings (SSSR count). The Kier molecular flexibility index (Phi) is 8.83. The van der Waals surface area contributed by atoms with Crippen molar-refractivity contribution in [1.29, 1.82) is 0 Å². The molecular formula is C25H36N2O2S. The highest BCUT2D eigenvalue weighted by atomic mass is 32.2. The molecule has 2 atom stereocenters. The summed E-state index contributed by atoms with van der Waals surface area (Å²) >= 11 is 0. The Morgan fingerprint density at radius 1 is 1.30 bits per heavy atom. The van der Waals surface area contributed by atoms with Crippen molar-refractivity contribution in [3.63, 3.8) is 0 Å². The molecule has 0 bridgehead atoms. The van der Waals surface area contributed by atoms with Crippen LogP contribution >= 0.6 is 0 Å². The van der Waals surface area contributed by atoms with E-state index in [1.165, 1.54) is 18.4 Å². The van der Waals surface area contributed by atoms with Gasteiger partial charge >= 0.3 is 0 Å². The third kappa shape index (κ3) is 6.27. The molecule has 30 heavy (non-hydrogen) atoms. The van der Waals surface area contributed by atoms with Gasteiger partial charge in [-0.25, -0.2) is 8.93 Å². The van der Waals surface area contributed by atoms with E-state index in [4.69, 9.17) is 0 Å². The molecule has 0 saturated heterocycles. The molecule has 164 valence electrons. The van der Waals surface area contributed by atoms with E-state index in [-0.39, 0.29) is 6.54 Å². The molecule has 2 N–H and O–H groups in total. The van der Waals surface area contributed by atoms with E-state index in [0.717, 1.165) is 28.3 Å². The highest BCUT2D eigenvalue weighted by molar-refractivity contribution is 7.98. The number of nitrogens with one attached hydrogen (secondary N) is 1. The quantitative estimate of drug-likeness (QED) is 0.565. The summed E-state index contributed by atoms with van der Waals surface area (Å²) in [4.78, 5) is 5.11. The van der Waals surface area contributed by atoms with Gasteiger partial charge in [0.2, 0.25) is 0 Å². The normalized spacial score (nSPS) is 16.9. The molecule has 1 fully saturated rings. The number of aromatic nitrogens is 1. The Balaban J connectivity index is 0.00000155. The van der Waals surface area contributed by atoms with E-state index >= 15 is 0 Å². The largest absolute Gasteiger partial charge is 0.392 e. The minimum atomic E-state index is -2.64. The molecule has 1 aromatic heterocycles. The zero-order valence-corrected chi connectivity index (χ0v) is 19.8. The van der Waals surface area contributed by atoms with E-state index in [1.54, 1.807) is 0 Å². The van der Waals surface area contributed by atoms with Crippen molar-refractivity contribution in [2.24, 2.45) is 5.92 Å². The molecule has 1 saturated carbocycles. The monoisotopic (exact) mass is 428 g/mol. The first-order valence-corrected chi connectivity index (χ1v) is 12.6. The molecular weight excluding hydrogens is 392 g/mol. The number of hydrogen-bond acceptors (Lipinski definition) is 3. The maximum Gasteiger partial charge on any atom is 0.0672 e. The fourth-order valence-corrected chi connectivity index (χ4v) is 4.41. The van der Waals surface area contributed by atoms with Crippen molar-refractivity contribution in [3.05, 3.63) is 53.4 Å². The van der Waals surface area contributed by atoms with Crippen molar-refractivity contribution in [2.45, 2.75) is 64.9 Å². The molecule has 0 radical (unpaired) electrons. The van der Waals surface area contributed by atoms with Crippen LogP contribution in [0.3, 0.4) is 0 Å². The second kappa shape index (κ2) is 10.9. The minimum absolute atomic E-state index is 0.263. The average Bonchev–Trinajstić information content (AvgIpc) is 3.60. The number of pyridine rings is 1. The molecule has 0 spiro atoms. The van der Waals surface area contributed by atoms with Crippen LogP contribution in [0, 0.1) is 12.8 Å². The van der Waals surface area contributed by atoms with Gasteiger partial charge in [0.05, 0.1) is 15.8 Å². The summed E-state index contributed by atoms with van der Waals surface area (Å²) in [5.41, 5.74) is 5.77. The second-order valence-electron chi connectivity index (χ2n) is 7.63. The molecule has 0 aliphatic heterocycles. The van der Waals surface area contributed by atoms with Gasteiger partial charge in [0.25, 0.3) is 0 Å². The number of hydrogen-bond donors (Lipinski definition) is 2. The Morgan fingerprint density at radius 2 is 1.93 bits per heavy atom. The smallest absolute Gasteiger partial charge is 0.0672 e. The zero-order valence-electron chi connectivity index (χ0n) is 18.9.